The van der Waals surface area contributed by atoms with Crippen LogP contribution in [0.25, 0.3) is 0 Å². The molecule has 2 fully saturated rings. The number of non-ortho nitro benzene ring substituents is 1. The number of hydrogen-bond donors (Lipinski definition) is 0. The number of halogens is 1. The molecule has 0 spiro atoms. The first-order chi connectivity index (χ1) is 16.2. The number of carbonyl (C=O) groups excluding carboxylic acids is 1. The van der Waals surface area contributed by atoms with Crippen molar-refractivity contribution in [1.82, 2.24) is 9.21 Å². The third-order valence-corrected chi connectivity index (χ3v) is 8.44. The number of rotatable bonds is 5. The Kier molecular flexibility index (Phi) is 6.85. The number of piperidine rings is 1. The van der Waals surface area contributed by atoms with Gasteiger partial charge in [-0.1, -0.05) is 6.92 Å². The molecule has 2 aromatic rings. The molecule has 0 bridgehead atoms. The number of amides is 1. The van der Waals surface area contributed by atoms with Gasteiger partial charge < -0.3 is 9.80 Å². The Morgan fingerprint density at radius 2 is 1.62 bits per heavy atom. The summed E-state index contributed by atoms with van der Waals surface area (Å²) in [7, 11) is -3.81. The van der Waals surface area contributed by atoms with Crippen LogP contribution in [-0.2, 0) is 10.0 Å². The smallest absolute Gasteiger partial charge is 0.270 e. The Bertz CT molecular complexity index is 1170. The van der Waals surface area contributed by atoms with Crippen molar-refractivity contribution in [2.75, 3.05) is 44.2 Å². The lowest BCUT2D eigenvalue weighted by Gasteiger charge is -2.36. The van der Waals surface area contributed by atoms with Crippen LogP contribution in [0, 0.1) is 21.8 Å². The van der Waals surface area contributed by atoms with Crippen LogP contribution in [0.15, 0.2) is 47.4 Å². The zero-order chi connectivity index (χ0) is 24.5. The molecule has 0 atom stereocenters. The molecule has 0 radical (unpaired) electrons. The fraction of sp³-hybridized carbons (Fsp3) is 0.435. The fourth-order valence-electron chi connectivity index (χ4n) is 4.39. The lowest BCUT2D eigenvalue weighted by atomic mass is 9.97. The summed E-state index contributed by atoms with van der Waals surface area (Å²) < 4.78 is 40.2. The van der Waals surface area contributed by atoms with Gasteiger partial charge in [-0.3, -0.25) is 14.9 Å². The minimum absolute atomic E-state index is 0.00558. The summed E-state index contributed by atoms with van der Waals surface area (Å²) in [6, 6.07) is 9.00. The average Bonchev–Trinajstić information content (AvgIpc) is 2.84. The highest BCUT2D eigenvalue weighted by molar-refractivity contribution is 7.89. The van der Waals surface area contributed by atoms with Crippen LogP contribution in [0.2, 0.25) is 0 Å². The van der Waals surface area contributed by atoms with Crippen molar-refractivity contribution in [3.8, 4) is 0 Å². The first kappa shape index (κ1) is 24.1. The average molecular weight is 491 g/mol. The highest BCUT2D eigenvalue weighted by Crippen LogP contribution is 2.31. The number of nitrogens with zero attached hydrogens (tertiary/aromatic N) is 4. The largest absolute Gasteiger partial charge is 0.371 e. The van der Waals surface area contributed by atoms with Gasteiger partial charge in [0.1, 0.15) is 5.82 Å². The van der Waals surface area contributed by atoms with Crippen LogP contribution in [0.1, 0.15) is 30.1 Å². The summed E-state index contributed by atoms with van der Waals surface area (Å²) in [4.78, 5) is 27.9. The molecule has 2 saturated heterocycles. The Hall–Kier alpha value is -3.05. The van der Waals surface area contributed by atoms with E-state index in [2.05, 4.69) is 11.8 Å². The van der Waals surface area contributed by atoms with Crippen molar-refractivity contribution in [2.45, 2.75) is 24.7 Å². The number of sulfonamides is 1. The van der Waals surface area contributed by atoms with Crippen LogP contribution >= 0.6 is 0 Å². The molecule has 0 saturated carbocycles. The highest BCUT2D eigenvalue weighted by atomic mass is 32.2. The standard InChI is InChI=1S/C23H27FN4O5S/c1-17-8-10-25(11-9-17)22-7-4-19(28(30)31)16-21(22)23(29)26-12-14-27(15-13-26)34(32,33)20-5-2-18(24)3-6-20/h2-7,16-17H,8-15H2,1H3. The summed E-state index contributed by atoms with van der Waals surface area (Å²) in [6.07, 6.45) is 1.95. The summed E-state index contributed by atoms with van der Waals surface area (Å²) in [5.74, 6) is -0.286. The number of carbonyl (C=O) groups is 1. The molecule has 0 unspecified atom stereocenters. The number of anilines is 1. The van der Waals surface area contributed by atoms with Crippen molar-refractivity contribution in [1.29, 1.82) is 0 Å². The molecule has 0 aromatic heterocycles. The van der Waals surface area contributed by atoms with Gasteiger partial charge in [0.05, 0.1) is 21.1 Å². The number of piperazine rings is 1. The number of benzene rings is 2. The van der Waals surface area contributed by atoms with E-state index in [1.54, 1.807) is 6.07 Å². The Morgan fingerprint density at radius 3 is 2.21 bits per heavy atom. The van der Waals surface area contributed by atoms with E-state index in [0.717, 1.165) is 38.1 Å². The molecular weight excluding hydrogens is 463 g/mol. The van der Waals surface area contributed by atoms with E-state index in [1.165, 1.54) is 33.5 Å². The summed E-state index contributed by atoms with van der Waals surface area (Å²) in [5, 5.41) is 11.4. The third kappa shape index (κ3) is 4.90. The van der Waals surface area contributed by atoms with Gasteiger partial charge in [0.25, 0.3) is 11.6 Å². The molecule has 2 heterocycles. The van der Waals surface area contributed by atoms with Gasteiger partial charge >= 0.3 is 0 Å². The van der Waals surface area contributed by atoms with Gasteiger partial charge in [-0.25, -0.2) is 12.8 Å². The predicted octanol–water partition coefficient (Wildman–Crippen LogP) is 3.12. The second kappa shape index (κ2) is 9.67. The van der Waals surface area contributed by atoms with Crippen molar-refractivity contribution >= 4 is 27.3 Å². The normalized spacial score (nSPS) is 18.2. The Labute approximate surface area is 198 Å². The maximum atomic E-state index is 13.4. The van der Waals surface area contributed by atoms with Crippen LogP contribution in [0.5, 0.6) is 0 Å². The summed E-state index contributed by atoms with van der Waals surface area (Å²) >= 11 is 0. The highest BCUT2D eigenvalue weighted by Gasteiger charge is 2.32. The van der Waals surface area contributed by atoms with Gasteiger partial charge in [-0.05, 0) is 49.1 Å². The van der Waals surface area contributed by atoms with Crippen molar-refractivity contribution in [3.63, 3.8) is 0 Å². The first-order valence-electron chi connectivity index (χ1n) is 11.2. The molecule has 11 heteroatoms. The zero-order valence-corrected chi connectivity index (χ0v) is 19.7. The van der Waals surface area contributed by atoms with E-state index in [-0.39, 0.29) is 48.2 Å². The Morgan fingerprint density at radius 1 is 1.00 bits per heavy atom. The topological polar surface area (TPSA) is 104 Å². The lowest BCUT2D eigenvalue weighted by Crippen LogP contribution is -2.50. The van der Waals surface area contributed by atoms with E-state index in [1.807, 2.05) is 0 Å². The van der Waals surface area contributed by atoms with E-state index >= 15 is 0 Å². The summed E-state index contributed by atoms with van der Waals surface area (Å²) in [6.45, 7) is 4.18. The number of nitro groups is 1. The molecule has 4 rings (SSSR count). The number of hydrogen-bond acceptors (Lipinski definition) is 6. The van der Waals surface area contributed by atoms with Crippen molar-refractivity contribution in [3.05, 3.63) is 64.0 Å². The second-order valence-electron chi connectivity index (χ2n) is 8.78. The van der Waals surface area contributed by atoms with Crippen LogP contribution in [0.4, 0.5) is 15.8 Å². The van der Waals surface area contributed by atoms with Crippen LogP contribution in [-0.4, -0.2) is 67.7 Å². The van der Waals surface area contributed by atoms with Crippen LogP contribution in [0.3, 0.4) is 0 Å². The minimum atomic E-state index is -3.81. The SMILES string of the molecule is CC1CCN(c2ccc([N+](=O)[O-])cc2C(=O)N2CCN(S(=O)(=O)c3ccc(F)cc3)CC2)CC1. The molecular formula is C23H27FN4O5S. The van der Waals surface area contributed by atoms with Gasteiger partial charge in [0.15, 0.2) is 0 Å². The molecule has 0 aliphatic carbocycles. The lowest BCUT2D eigenvalue weighted by molar-refractivity contribution is -0.384. The van der Waals surface area contributed by atoms with E-state index in [9.17, 15) is 27.7 Å². The van der Waals surface area contributed by atoms with Crippen molar-refractivity contribution in [2.24, 2.45) is 5.92 Å². The molecule has 2 aliphatic heterocycles. The maximum Gasteiger partial charge on any atom is 0.270 e. The van der Waals surface area contributed by atoms with Gasteiger partial charge in [-0.15, -0.1) is 0 Å². The zero-order valence-electron chi connectivity index (χ0n) is 18.9. The molecule has 0 N–H and O–H groups in total. The molecule has 2 aromatic carbocycles. The maximum absolute atomic E-state index is 13.4. The molecule has 182 valence electrons. The second-order valence-corrected chi connectivity index (χ2v) is 10.7. The molecule has 2 aliphatic rings. The quantitative estimate of drug-likeness (QED) is 0.471. The summed E-state index contributed by atoms with van der Waals surface area (Å²) in [5.41, 5.74) is 0.775. The number of nitro benzene ring substituents is 1. The van der Waals surface area contributed by atoms with Gasteiger partial charge in [0.2, 0.25) is 10.0 Å². The first-order valence-corrected chi connectivity index (χ1v) is 12.7. The van der Waals surface area contributed by atoms with E-state index in [4.69, 9.17) is 0 Å². The monoisotopic (exact) mass is 490 g/mol. The van der Waals surface area contributed by atoms with Gasteiger partial charge in [-0.2, -0.15) is 4.31 Å². The fourth-order valence-corrected chi connectivity index (χ4v) is 5.81. The van der Waals surface area contributed by atoms with Gasteiger partial charge in [0, 0.05) is 51.4 Å². The minimum Gasteiger partial charge on any atom is -0.371 e. The van der Waals surface area contributed by atoms with Crippen LogP contribution < -0.4 is 4.90 Å². The Balaban J connectivity index is 1.52. The van der Waals surface area contributed by atoms with E-state index < -0.39 is 20.8 Å². The third-order valence-electron chi connectivity index (χ3n) is 6.52. The van der Waals surface area contributed by atoms with Crippen molar-refractivity contribution < 1.29 is 22.5 Å². The molecule has 1 amide bonds. The predicted molar refractivity (Wildman–Crippen MR) is 125 cm³/mol. The molecule has 34 heavy (non-hydrogen) atoms. The molecule has 9 nitrogen and oxygen atoms in total. The van der Waals surface area contributed by atoms with E-state index in [0.29, 0.717) is 11.6 Å².